The number of ether oxygens (including phenoxy) is 2. The van der Waals surface area contributed by atoms with Crippen molar-refractivity contribution in [2.24, 2.45) is 0 Å². The first-order chi connectivity index (χ1) is 12.6. The Morgan fingerprint density at radius 3 is 1.27 bits per heavy atom. The molecule has 0 N–H and O–H groups in total. The van der Waals surface area contributed by atoms with Gasteiger partial charge < -0.3 is 9.47 Å². The van der Waals surface area contributed by atoms with Crippen molar-refractivity contribution in [3.8, 4) is 11.5 Å². The predicted octanol–water partition coefficient (Wildman–Crippen LogP) is 4.45. The van der Waals surface area contributed by atoms with Crippen LogP contribution in [0.15, 0.2) is 36.4 Å². The van der Waals surface area contributed by atoms with Crippen molar-refractivity contribution in [2.45, 2.75) is 35.9 Å². The second-order valence-electron chi connectivity index (χ2n) is 7.51. The molecule has 0 aliphatic carbocycles. The molecule has 2 aromatic rings. The molecule has 0 unspecified atom stereocenters. The minimum Gasteiger partial charge on any atom is -0.494 e. The molecule has 0 atom stereocenters. The molecular weight excluding hydrogens is 360 g/mol. The fourth-order valence-corrected chi connectivity index (χ4v) is 6.93. The Morgan fingerprint density at radius 2 is 0.923 bits per heavy atom. The molecule has 138 valence electrons. The predicted molar refractivity (Wildman–Crippen MR) is 115 cm³/mol. The smallest absolute Gasteiger partial charge is 0.133 e. The highest BCUT2D eigenvalue weighted by Crippen LogP contribution is 2.27. The van der Waals surface area contributed by atoms with Crippen LogP contribution in [0.25, 0.3) is 0 Å². The van der Waals surface area contributed by atoms with Crippen LogP contribution in [0.4, 0.5) is 0 Å². The lowest BCUT2D eigenvalue weighted by molar-refractivity contribution is 0.266. The molecule has 0 amide bonds. The van der Waals surface area contributed by atoms with Crippen LogP contribution in [0.3, 0.4) is 0 Å². The maximum Gasteiger partial charge on any atom is 0.133 e. The number of hydrogen-bond donors (Lipinski definition) is 0. The molecule has 5 rings (SSSR count). The number of fused-ring (bicyclic) bond motifs is 9. The summed E-state index contributed by atoms with van der Waals surface area (Å²) in [5.41, 5.74) is 5.73. The summed E-state index contributed by atoms with van der Waals surface area (Å²) in [6, 6.07) is 13.9. The summed E-state index contributed by atoms with van der Waals surface area (Å²) in [5, 5.41) is 0. The third-order valence-electron chi connectivity index (χ3n) is 4.78. The molecule has 0 saturated carbocycles. The van der Waals surface area contributed by atoms with E-state index >= 15 is 0 Å². The second kappa shape index (κ2) is 8.18. The molecule has 3 heterocycles. The molecule has 2 nitrogen and oxygen atoms in total. The third kappa shape index (κ3) is 4.72. The first kappa shape index (κ1) is 18.1. The average molecular weight is 389 g/mol. The van der Waals surface area contributed by atoms with E-state index in [1.807, 2.05) is 0 Å². The van der Waals surface area contributed by atoms with Crippen molar-refractivity contribution in [3.05, 3.63) is 58.7 Å². The molecule has 4 heteroatoms. The van der Waals surface area contributed by atoms with Crippen LogP contribution >= 0.6 is 0 Å². The molecule has 0 saturated heterocycles. The lowest BCUT2D eigenvalue weighted by Crippen LogP contribution is -2.12. The van der Waals surface area contributed by atoms with Crippen LogP contribution in [-0.4, -0.2) is 25.7 Å². The molecule has 0 fully saturated rings. The standard InChI is InChI=1S/C22H28O2S2/c1-25-13-17-7-19-11-21(9-17)23-5-3-4-6-24-22-10-18(14-25)8-20(12-22)16-26(2)15-19/h7-12H,3-6,13-16H2,1-2H3/q+2. The average Bonchev–Trinajstić information content (AvgIpc) is 2.56. The van der Waals surface area contributed by atoms with Gasteiger partial charge in [0, 0.05) is 22.3 Å². The SMILES string of the molecule is C[S+]1Cc2cc3cc(c2)OCCCCOc2cc(cc(c2)C[S+](C)C3)C1. The Bertz CT molecular complexity index is 661. The molecule has 26 heavy (non-hydrogen) atoms. The Hall–Kier alpha value is -1.26. The van der Waals surface area contributed by atoms with Gasteiger partial charge in [0.15, 0.2) is 0 Å². The highest BCUT2D eigenvalue weighted by molar-refractivity contribution is 7.95. The second-order valence-corrected chi connectivity index (χ2v) is 11.8. The van der Waals surface area contributed by atoms with Crippen LogP contribution in [-0.2, 0) is 44.8 Å². The van der Waals surface area contributed by atoms with Gasteiger partial charge in [0.05, 0.1) is 25.7 Å². The van der Waals surface area contributed by atoms with Gasteiger partial charge >= 0.3 is 0 Å². The largest absolute Gasteiger partial charge is 0.494 e. The first-order valence-electron chi connectivity index (χ1n) is 9.34. The van der Waals surface area contributed by atoms with E-state index in [9.17, 15) is 0 Å². The van der Waals surface area contributed by atoms with Crippen LogP contribution in [0.5, 0.6) is 11.5 Å². The summed E-state index contributed by atoms with van der Waals surface area (Å²) in [7, 11) is 0.614. The summed E-state index contributed by atoms with van der Waals surface area (Å²) in [6.07, 6.45) is 6.83. The van der Waals surface area contributed by atoms with Crippen LogP contribution < -0.4 is 9.47 Å². The number of benzene rings is 2. The van der Waals surface area contributed by atoms with Gasteiger partial charge in [0.25, 0.3) is 0 Å². The quantitative estimate of drug-likeness (QED) is 0.621. The minimum atomic E-state index is 0.307. The summed E-state index contributed by atoms with van der Waals surface area (Å²) < 4.78 is 12.2. The van der Waals surface area contributed by atoms with Crippen molar-refractivity contribution in [3.63, 3.8) is 0 Å². The monoisotopic (exact) mass is 388 g/mol. The minimum absolute atomic E-state index is 0.307. The van der Waals surface area contributed by atoms with E-state index in [0.717, 1.165) is 60.6 Å². The fourth-order valence-electron chi connectivity index (χ4n) is 3.78. The van der Waals surface area contributed by atoms with Gasteiger partial charge in [0.1, 0.15) is 34.5 Å². The molecule has 3 aliphatic rings. The summed E-state index contributed by atoms with van der Waals surface area (Å²) in [6.45, 7) is 1.54. The lowest BCUT2D eigenvalue weighted by Gasteiger charge is -2.14. The summed E-state index contributed by atoms with van der Waals surface area (Å²) in [5.74, 6) is 6.62. The number of hydrogen-bond acceptors (Lipinski definition) is 2. The first-order valence-corrected chi connectivity index (χ1v) is 13.3. The van der Waals surface area contributed by atoms with Crippen molar-refractivity contribution >= 4 is 21.8 Å². The van der Waals surface area contributed by atoms with E-state index in [4.69, 9.17) is 9.47 Å². The van der Waals surface area contributed by atoms with E-state index in [1.54, 1.807) is 0 Å². The highest BCUT2D eigenvalue weighted by atomic mass is 32.2. The fraction of sp³-hybridized carbons (Fsp3) is 0.455. The van der Waals surface area contributed by atoms with Gasteiger partial charge in [-0.25, -0.2) is 0 Å². The Kier molecular flexibility index (Phi) is 5.70. The van der Waals surface area contributed by atoms with Crippen molar-refractivity contribution in [2.75, 3.05) is 25.7 Å². The summed E-state index contributed by atoms with van der Waals surface area (Å²) >= 11 is 0. The van der Waals surface area contributed by atoms with Crippen molar-refractivity contribution in [1.29, 1.82) is 0 Å². The van der Waals surface area contributed by atoms with E-state index < -0.39 is 0 Å². The van der Waals surface area contributed by atoms with E-state index in [1.165, 1.54) is 22.3 Å². The molecule has 0 aromatic heterocycles. The van der Waals surface area contributed by atoms with E-state index in [-0.39, 0.29) is 0 Å². The highest BCUT2D eigenvalue weighted by Gasteiger charge is 2.22. The van der Waals surface area contributed by atoms with Gasteiger partial charge in [-0.15, -0.1) is 0 Å². The van der Waals surface area contributed by atoms with E-state index in [2.05, 4.69) is 48.9 Å². The number of rotatable bonds is 0. The molecule has 6 bridgehead atoms. The Balaban J connectivity index is 1.78. The van der Waals surface area contributed by atoms with Crippen molar-refractivity contribution in [1.82, 2.24) is 0 Å². The third-order valence-corrected chi connectivity index (χ3v) is 8.09. The van der Waals surface area contributed by atoms with Gasteiger partial charge in [-0.1, -0.05) is 0 Å². The normalized spacial score (nSPS) is 23.2. The molecular formula is C22H28O2S2+2. The topological polar surface area (TPSA) is 18.5 Å². The Labute approximate surface area is 163 Å². The van der Waals surface area contributed by atoms with Crippen LogP contribution in [0, 0.1) is 0 Å². The van der Waals surface area contributed by atoms with Crippen LogP contribution in [0.1, 0.15) is 35.1 Å². The zero-order valence-electron chi connectivity index (χ0n) is 15.8. The molecule has 0 radical (unpaired) electrons. The van der Waals surface area contributed by atoms with E-state index in [0.29, 0.717) is 21.8 Å². The van der Waals surface area contributed by atoms with Gasteiger partial charge in [0.2, 0.25) is 0 Å². The maximum atomic E-state index is 6.10. The van der Waals surface area contributed by atoms with Crippen LogP contribution in [0.2, 0.25) is 0 Å². The molecule has 2 aromatic carbocycles. The maximum absolute atomic E-state index is 6.10. The molecule has 3 aliphatic heterocycles. The summed E-state index contributed by atoms with van der Waals surface area (Å²) in [4.78, 5) is 0. The van der Waals surface area contributed by atoms with Gasteiger partial charge in [-0.2, -0.15) is 0 Å². The Morgan fingerprint density at radius 1 is 0.577 bits per heavy atom. The zero-order chi connectivity index (χ0) is 17.9. The molecule has 0 spiro atoms. The zero-order valence-corrected chi connectivity index (χ0v) is 17.4. The van der Waals surface area contributed by atoms with Gasteiger partial charge in [-0.3, -0.25) is 0 Å². The van der Waals surface area contributed by atoms with Gasteiger partial charge in [-0.05, 0) is 71.0 Å². The van der Waals surface area contributed by atoms with Crippen molar-refractivity contribution < 1.29 is 9.47 Å². The lowest BCUT2D eigenvalue weighted by atomic mass is 10.1.